The number of rotatable bonds is 5. The number of H-pyrrole nitrogens is 1. The van der Waals surface area contributed by atoms with Crippen LogP contribution in [0, 0.1) is 0 Å². The first-order chi connectivity index (χ1) is 14.2. The first kappa shape index (κ1) is 18.5. The zero-order valence-electron chi connectivity index (χ0n) is 16.2. The fraction of sp³-hybridized carbons (Fsp3) is 0.409. The van der Waals surface area contributed by atoms with Crippen LogP contribution < -0.4 is 10.9 Å². The van der Waals surface area contributed by atoms with Crippen LogP contribution in [0.4, 0.5) is 0 Å². The molecule has 2 N–H and O–H groups in total. The van der Waals surface area contributed by atoms with Crippen molar-refractivity contribution in [2.24, 2.45) is 0 Å². The smallest absolute Gasteiger partial charge is 0.257 e. The topological polar surface area (TPSA) is 79.8 Å². The molecule has 150 valence electrons. The maximum absolute atomic E-state index is 13.0. The van der Waals surface area contributed by atoms with Crippen molar-refractivity contribution in [2.45, 2.75) is 49.7 Å². The number of carbonyl (C=O) groups excluding carboxylic acids is 1. The van der Waals surface area contributed by atoms with E-state index in [1.807, 2.05) is 18.3 Å². The van der Waals surface area contributed by atoms with Crippen LogP contribution in [0.25, 0.3) is 10.9 Å². The number of aromatic nitrogens is 3. The number of aromatic amines is 1. The molecule has 0 saturated carbocycles. The summed E-state index contributed by atoms with van der Waals surface area (Å²) in [5, 5.41) is 5.01. The molecule has 1 aliphatic heterocycles. The molecule has 2 aromatic heterocycles. The largest absolute Gasteiger partial charge is 0.361 e. The summed E-state index contributed by atoms with van der Waals surface area (Å²) in [6, 6.07) is 8.08. The Hall–Kier alpha value is -2.54. The lowest BCUT2D eigenvalue weighted by Crippen LogP contribution is -2.34. The lowest BCUT2D eigenvalue weighted by atomic mass is 9.97. The van der Waals surface area contributed by atoms with Crippen LogP contribution in [0.1, 0.15) is 42.1 Å². The van der Waals surface area contributed by atoms with Crippen LogP contribution in [0.3, 0.4) is 0 Å². The van der Waals surface area contributed by atoms with Crippen molar-refractivity contribution in [1.29, 1.82) is 0 Å². The maximum atomic E-state index is 13.0. The minimum atomic E-state index is -0.102. The molecule has 7 heteroatoms. The third-order valence-corrected chi connectivity index (χ3v) is 7.03. The normalized spacial score (nSPS) is 17.9. The van der Waals surface area contributed by atoms with Gasteiger partial charge in [-0.2, -0.15) is 0 Å². The van der Waals surface area contributed by atoms with Gasteiger partial charge in [0.2, 0.25) is 5.91 Å². The van der Waals surface area contributed by atoms with E-state index in [1.54, 1.807) is 16.3 Å². The van der Waals surface area contributed by atoms with Crippen molar-refractivity contribution in [3.05, 3.63) is 57.6 Å². The lowest BCUT2D eigenvalue weighted by Gasteiger charge is -2.18. The van der Waals surface area contributed by atoms with E-state index in [1.165, 1.54) is 10.9 Å². The number of amides is 1. The van der Waals surface area contributed by atoms with Crippen LogP contribution in [0.2, 0.25) is 0 Å². The highest BCUT2D eigenvalue weighted by Gasteiger charge is 2.30. The number of aryl methyl sites for hydroxylation is 1. The fourth-order valence-corrected chi connectivity index (χ4v) is 5.58. The average molecular weight is 409 g/mol. The van der Waals surface area contributed by atoms with Crippen molar-refractivity contribution >= 4 is 28.6 Å². The van der Waals surface area contributed by atoms with E-state index in [-0.39, 0.29) is 17.5 Å². The van der Waals surface area contributed by atoms with Gasteiger partial charge in [0.25, 0.3) is 5.56 Å². The molecule has 0 spiro atoms. The average Bonchev–Trinajstić information content (AvgIpc) is 3.33. The summed E-state index contributed by atoms with van der Waals surface area (Å²) in [7, 11) is 0. The summed E-state index contributed by atoms with van der Waals surface area (Å²) in [6.07, 6.45) is 6.99. The molecular weight excluding hydrogens is 384 g/mol. The van der Waals surface area contributed by atoms with Crippen LogP contribution in [0.5, 0.6) is 0 Å². The molecule has 1 aromatic carbocycles. The molecule has 2 aliphatic rings. The molecule has 1 amide bonds. The van der Waals surface area contributed by atoms with Crippen molar-refractivity contribution in [3.63, 3.8) is 0 Å². The van der Waals surface area contributed by atoms with E-state index in [2.05, 4.69) is 22.4 Å². The Balaban J connectivity index is 1.23. The van der Waals surface area contributed by atoms with E-state index in [0.717, 1.165) is 59.8 Å². The van der Waals surface area contributed by atoms with Crippen LogP contribution >= 0.6 is 11.8 Å². The van der Waals surface area contributed by atoms with Gasteiger partial charge >= 0.3 is 0 Å². The Bertz CT molecular complexity index is 1130. The molecule has 3 heterocycles. The second kappa shape index (κ2) is 7.71. The van der Waals surface area contributed by atoms with E-state index in [4.69, 9.17) is 4.98 Å². The molecule has 1 aliphatic carbocycles. The van der Waals surface area contributed by atoms with Crippen LogP contribution in [-0.4, -0.2) is 32.7 Å². The van der Waals surface area contributed by atoms with Gasteiger partial charge < -0.3 is 10.3 Å². The number of thioether (sulfide) groups is 1. The van der Waals surface area contributed by atoms with Crippen molar-refractivity contribution in [1.82, 2.24) is 19.9 Å². The first-order valence-corrected chi connectivity index (χ1v) is 11.3. The Kier molecular flexibility index (Phi) is 4.91. The third-order valence-electron chi connectivity index (χ3n) is 5.93. The van der Waals surface area contributed by atoms with Gasteiger partial charge in [-0.3, -0.25) is 14.2 Å². The number of nitrogens with one attached hydrogen (secondary N) is 2. The molecule has 6 nitrogen and oxygen atoms in total. The van der Waals surface area contributed by atoms with Gasteiger partial charge in [0, 0.05) is 41.4 Å². The minimum Gasteiger partial charge on any atom is -0.361 e. The zero-order chi connectivity index (χ0) is 19.8. The monoisotopic (exact) mass is 408 g/mol. The fourth-order valence-electron chi connectivity index (χ4n) is 4.43. The van der Waals surface area contributed by atoms with Gasteiger partial charge in [-0.25, -0.2) is 4.98 Å². The quantitative estimate of drug-likeness (QED) is 0.636. The number of para-hydroxylation sites is 1. The highest BCUT2D eigenvalue weighted by Crippen LogP contribution is 2.33. The SMILES string of the molecule is O=C(CC1CSc2nc3c(c(=O)n21)CCCC3)NCCc1c[nH]c2ccccc12. The molecule has 0 fully saturated rings. The number of nitrogens with zero attached hydrogens (tertiary/aromatic N) is 2. The Morgan fingerprint density at radius 1 is 1.28 bits per heavy atom. The number of benzene rings is 1. The summed E-state index contributed by atoms with van der Waals surface area (Å²) in [6.45, 7) is 0.588. The summed E-state index contributed by atoms with van der Waals surface area (Å²) in [5.41, 5.74) is 4.24. The summed E-state index contributed by atoms with van der Waals surface area (Å²) < 4.78 is 1.77. The van der Waals surface area contributed by atoms with E-state index >= 15 is 0 Å². The highest BCUT2D eigenvalue weighted by atomic mass is 32.2. The molecule has 29 heavy (non-hydrogen) atoms. The van der Waals surface area contributed by atoms with Crippen molar-refractivity contribution in [3.8, 4) is 0 Å². The van der Waals surface area contributed by atoms with Gasteiger partial charge in [0.15, 0.2) is 5.16 Å². The van der Waals surface area contributed by atoms with Crippen LogP contribution in [-0.2, 0) is 24.1 Å². The molecular formula is C22H24N4O2S. The maximum Gasteiger partial charge on any atom is 0.257 e. The zero-order valence-corrected chi connectivity index (χ0v) is 17.1. The lowest BCUT2D eigenvalue weighted by molar-refractivity contribution is -0.121. The molecule has 0 radical (unpaired) electrons. The third kappa shape index (κ3) is 3.48. The van der Waals surface area contributed by atoms with Gasteiger partial charge in [0.05, 0.1) is 11.7 Å². The van der Waals surface area contributed by atoms with E-state index in [0.29, 0.717) is 13.0 Å². The first-order valence-electron chi connectivity index (χ1n) is 10.3. The van der Waals surface area contributed by atoms with Gasteiger partial charge in [0.1, 0.15) is 0 Å². The molecule has 5 rings (SSSR count). The molecule has 3 aromatic rings. The molecule has 0 saturated heterocycles. The Morgan fingerprint density at radius 2 is 2.14 bits per heavy atom. The van der Waals surface area contributed by atoms with Gasteiger partial charge in [-0.1, -0.05) is 30.0 Å². The Labute approximate surface area is 173 Å². The number of hydrogen-bond donors (Lipinski definition) is 2. The van der Waals surface area contributed by atoms with Gasteiger partial charge in [-0.15, -0.1) is 0 Å². The standard InChI is InChI=1S/C22H24N4O2S/c27-20(23-10-9-14-12-24-18-7-3-1-5-16(14)18)11-15-13-29-22-25-19-8-4-2-6-17(19)21(28)26(15)22/h1,3,5,7,12,15,24H,2,4,6,8-11,13H2,(H,23,27). The van der Waals surface area contributed by atoms with Gasteiger partial charge in [-0.05, 0) is 43.7 Å². The van der Waals surface area contributed by atoms with Crippen molar-refractivity contribution < 1.29 is 4.79 Å². The highest BCUT2D eigenvalue weighted by molar-refractivity contribution is 7.99. The minimum absolute atomic E-state index is 0.00656. The second-order valence-corrected chi connectivity index (χ2v) is 8.82. The predicted molar refractivity (Wildman–Crippen MR) is 115 cm³/mol. The summed E-state index contributed by atoms with van der Waals surface area (Å²) in [5.74, 6) is 0.731. The van der Waals surface area contributed by atoms with E-state index < -0.39 is 0 Å². The second-order valence-electron chi connectivity index (χ2n) is 7.83. The van der Waals surface area contributed by atoms with Crippen molar-refractivity contribution in [2.75, 3.05) is 12.3 Å². The van der Waals surface area contributed by atoms with Crippen LogP contribution in [0.15, 0.2) is 40.4 Å². The molecule has 1 unspecified atom stereocenters. The Morgan fingerprint density at radius 3 is 3.07 bits per heavy atom. The summed E-state index contributed by atoms with van der Waals surface area (Å²) in [4.78, 5) is 33.5. The van der Waals surface area contributed by atoms with E-state index in [9.17, 15) is 9.59 Å². The predicted octanol–water partition coefficient (Wildman–Crippen LogP) is 3.00. The summed E-state index contributed by atoms with van der Waals surface area (Å²) >= 11 is 1.60. The molecule has 1 atom stereocenters. The number of carbonyl (C=O) groups is 1. The number of fused-ring (bicyclic) bond motifs is 3. The molecule has 0 bridgehead atoms. The number of hydrogen-bond acceptors (Lipinski definition) is 4.